The first-order chi connectivity index (χ1) is 10.3. The molecule has 1 atom stereocenters. The molecule has 1 saturated heterocycles. The van der Waals surface area contributed by atoms with Crippen LogP contribution in [0, 0.1) is 0 Å². The molecule has 0 N–H and O–H groups in total. The highest BCUT2D eigenvalue weighted by Gasteiger charge is 2.20. The number of benzene rings is 1. The largest absolute Gasteiger partial charge is 0.456 e. The van der Waals surface area contributed by atoms with Crippen LogP contribution in [0.25, 0.3) is 11.3 Å². The van der Waals surface area contributed by atoms with E-state index in [0.717, 1.165) is 25.0 Å². The monoisotopic (exact) mass is 287 g/mol. The van der Waals surface area contributed by atoms with Crippen LogP contribution in [0.4, 0.5) is 0 Å². The molecule has 1 aliphatic rings. The SMILES string of the molecule is O=C(C[C@H]1CCCO1)OCc1ncc(-c2ccccc2)o1. The van der Waals surface area contributed by atoms with Gasteiger partial charge < -0.3 is 13.9 Å². The van der Waals surface area contributed by atoms with Gasteiger partial charge in [-0.05, 0) is 12.8 Å². The second-order valence-electron chi connectivity index (χ2n) is 4.98. The molecule has 0 spiro atoms. The Balaban J connectivity index is 1.51. The first-order valence-electron chi connectivity index (χ1n) is 7.08. The van der Waals surface area contributed by atoms with Crippen LogP contribution in [0.15, 0.2) is 40.9 Å². The van der Waals surface area contributed by atoms with Gasteiger partial charge in [-0.15, -0.1) is 0 Å². The molecule has 0 aliphatic carbocycles. The Hall–Kier alpha value is -2.14. The maximum Gasteiger partial charge on any atom is 0.308 e. The molecule has 5 nitrogen and oxygen atoms in total. The average molecular weight is 287 g/mol. The first-order valence-corrected chi connectivity index (χ1v) is 7.08. The van der Waals surface area contributed by atoms with Crippen LogP contribution >= 0.6 is 0 Å². The van der Waals surface area contributed by atoms with Crippen molar-refractivity contribution in [3.8, 4) is 11.3 Å². The van der Waals surface area contributed by atoms with E-state index >= 15 is 0 Å². The van der Waals surface area contributed by atoms with E-state index in [1.807, 2.05) is 30.3 Å². The molecule has 1 fully saturated rings. The number of hydrogen-bond donors (Lipinski definition) is 0. The quantitative estimate of drug-likeness (QED) is 0.791. The third kappa shape index (κ3) is 3.70. The highest BCUT2D eigenvalue weighted by atomic mass is 16.5. The predicted molar refractivity (Wildman–Crippen MR) is 75.3 cm³/mol. The maximum absolute atomic E-state index is 11.7. The summed E-state index contributed by atoms with van der Waals surface area (Å²) in [5, 5.41) is 0. The van der Waals surface area contributed by atoms with E-state index in [0.29, 0.717) is 18.1 Å². The lowest BCUT2D eigenvalue weighted by Gasteiger charge is -2.07. The summed E-state index contributed by atoms with van der Waals surface area (Å²) in [5.74, 6) is 0.789. The fourth-order valence-corrected chi connectivity index (χ4v) is 2.31. The Kier molecular flexibility index (Phi) is 4.31. The number of hydrogen-bond acceptors (Lipinski definition) is 5. The molecule has 2 aromatic rings. The zero-order valence-electron chi connectivity index (χ0n) is 11.7. The number of carbonyl (C=O) groups is 1. The van der Waals surface area contributed by atoms with E-state index in [2.05, 4.69) is 4.98 Å². The molecule has 3 rings (SSSR count). The Morgan fingerprint density at radius 3 is 2.95 bits per heavy atom. The molecule has 21 heavy (non-hydrogen) atoms. The minimum Gasteiger partial charge on any atom is -0.456 e. The van der Waals surface area contributed by atoms with Crippen molar-refractivity contribution >= 4 is 5.97 Å². The zero-order valence-corrected chi connectivity index (χ0v) is 11.7. The Morgan fingerprint density at radius 1 is 1.33 bits per heavy atom. The second-order valence-corrected chi connectivity index (χ2v) is 4.98. The first kappa shape index (κ1) is 13.8. The number of esters is 1. The summed E-state index contributed by atoms with van der Waals surface area (Å²) in [5.41, 5.74) is 0.946. The highest BCUT2D eigenvalue weighted by Crippen LogP contribution is 2.20. The van der Waals surface area contributed by atoms with Crippen LogP contribution < -0.4 is 0 Å². The molecular formula is C16H17NO4. The van der Waals surface area contributed by atoms with Gasteiger partial charge in [0.25, 0.3) is 0 Å². The van der Waals surface area contributed by atoms with Crippen molar-refractivity contribution in [2.24, 2.45) is 0 Å². The van der Waals surface area contributed by atoms with Crippen LogP contribution in [0.1, 0.15) is 25.2 Å². The van der Waals surface area contributed by atoms with Crippen LogP contribution in [-0.4, -0.2) is 23.7 Å². The molecule has 0 bridgehead atoms. The minimum atomic E-state index is -0.277. The van der Waals surface area contributed by atoms with Gasteiger partial charge in [0.15, 0.2) is 12.4 Å². The summed E-state index contributed by atoms with van der Waals surface area (Å²) in [4.78, 5) is 15.8. The molecular weight excluding hydrogens is 270 g/mol. The fourth-order valence-electron chi connectivity index (χ4n) is 2.31. The average Bonchev–Trinajstić information content (AvgIpc) is 3.17. The van der Waals surface area contributed by atoms with E-state index in [1.165, 1.54) is 0 Å². The van der Waals surface area contributed by atoms with Crippen molar-refractivity contribution in [2.45, 2.75) is 32.0 Å². The Bertz CT molecular complexity index is 587. The lowest BCUT2D eigenvalue weighted by Crippen LogP contribution is -2.14. The molecule has 0 amide bonds. The van der Waals surface area contributed by atoms with E-state index in [1.54, 1.807) is 6.20 Å². The smallest absolute Gasteiger partial charge is 0.308 e. The normalized spacial score (nSPS) is 17.8. The molecule has 0 saturated carbocycles. The summed E-state index contributed by atoms with van der Waals surface area (Å²) in [7, 11) is 0. The van der Waals surface area contributed by atoms with Gasteiger partial charge in [-0.2, -0.15) is 0 Å². The third-order valence-corrected chi connectivity index (χ3v) is 3.39. The van der Waals surface area contributed by atoms with Gasteiger partial charge in [0.05, 0.1) is 18.7 Å². The number of aromatic nitrogens is 1. The molecule has 110 valence electrons. The van der Waals surface area contributed by atoms with Gasteiger partial charge in [0, 0.05) is 12.2 Å². The van der Waals surface area contributed by atoms with Crippen molar-refractivity contribution in [1.82, 2.24) is 4.98 Å². The van der Waals surface area contributed by atoms with E-state index in [-0.39, 0.29) is 18.7 Å². The number of oxazole rings is 1. The minimum absolute atomic E-state index is 0.00180. The Morgan fingerprint density at radius 2 is 2.19 bits per heavy atom. The van der Waals surface area contributed by atoms with E-state index < -0.39 is 0 Å². The lowest BCUT2D eigenvalue weighted by atomic mass is 10.2. The van der Waals surface area contributed by atoms with Crippen LogP contribution in [0.3, 0.4) is 0 Å². The lowest BCUT2D eigenvalue weighted by molar-refractivity contribution is -0.148. The summed E-state index contributed by atoms with van der Waals surface area (Å²) in [6, 6.07) is 9.67. The van der Waals surface area contributed by atoms with Crippen LogP contribution in [-0.2, 0) is 20.9 Å². The molecule has 0 radical (unpaired) electrons. The molecule has 1 aromatic carbocycles. The zero-order chi connectivity index (χ0) is 14.5. The fraction of sp³-hybridized carbons (Fsp3) is 0.375. The van der Waals surface area contributed by atoms with Crippen molar-refractivity contribution in [2.75, 3.05) is 6.61 Å². The van der Waals surface area contributed by atoms with Crippen molar-refractivity contribution in [1.29, 1.82) is 0 Å². The summed E-state index contributed by atoms with van der Waals surface area (Å²) >= 11 is 0. The topological polar surface area (TPSA) is 61.6 Å². The summed E-state index contributed by atoms with van der Waals surface area (Å²) in [6.45, 7) is 0.788. The van der Waals surface area contributed by atoms with Crippen LogP contribution in [0.2, 0.25) is 0 Å². The van der Waals surface area contributed by atoms with Gasteiger partial charge in [0.1, 0.15) is 0 Å². The number of rotatable bonds is 5. The third-order valence-electron chi connectivity index (χ3n) is 3.39. The van der Waals surface area contributed by atoms with Crippen molar-refractivity contribution in [3.63, 3.8) is 0 Å². The summed E-state index contributed by atoms with van der Waals surface area (Å²) in [6.07, 6.45) is 3.87. The highest BCUT2D eigenvalue weighted by molar-refractivity contribution is 5.70. The molecule has 2 heterocycles. The summed E-state index contributed by atoms with van der Waals surface area (Å²) < 4.78 is 16.1. The van der Waals surface area contributed by atoms with Gasteiger partial charge in [-0.25, -0.2) is 4.98 Å². The van der Waals surface area contributed by atoms with E-state index in [4.69, 9.17) is 13.9 Å². The van der Waals surface area contributed by atoms with Crippen molar-refractivity contribution < 1.29 is 18.7 Å². The van der Waals surface area contributed by atoms with Gasteiger partial charge in [0.2, 0.25) is 5.89 Å². The van der Waals surface area contributed by atoms with Crippen LogP contribution in [0.5, 0.6) is 0 Å². The number of nitrogens with zero attached hydrogens (tertiary/aromatic N) is 1. The number of ether oxygens (including phenoxy) is 2. The van der Waals surface area contributed by atoms with Gasteiger partial charge >= 0.3 is 5.97 Å². The Labute approximate surface area is 122 Å². The predicted octanol–water partition coefficient (Wildman–Crippen LogP) is 2.95. The molecule has 1 aromatic heterocycles. The standard InChI is InChI=1S/C16H17NO4/c18-16(9-13-7-4-8-19-13)20-11-15-17-10-14(21-15)12-5-2-1-3-6-12/h1-3,5-6,10,13H,4,7-9,11H2/t13-/m1/s1. The second kappa shape index (κ2) is 6.54. The maximum atomic E-state index is 11.7. The molecule has 1 aliphatic heterocycles. The molecule has 5 heteroatoms. The van der Waals surface area contributed by atoms with E-state index in [9.17, 15) is 4.79 Å². The van der Waals surface area contributed by atoms with Gasteiger partial charge in [-0.3, -0.25) is 4.79 Å². The number of carbonyl (C=O) groups excluding carboxylic acids is 1. The van der Waals surface area contributed by atoms with Crippen molar-refractivity contribution in [3.05, 3.63) is 42.4 Å². The molecule has 0 unspecified atom stereocenters. The van der Waals surface area contributed by atoms with Gasteiger partial charge in [-0.1, -0.05) is 30.3 Å².